The van der Waals surface area contributed by atoms with Crippen LogP contribution in [0.15, 0.2) is 48.5 Å². The van der Waals surface area contributed by atoms with E-state index >= 15 is 0 Å². The molecule has 0 radical (unpaired) electrons. The Hall–Kier alpha value is -2.53. The fourth-order valence-electron chi connectivity index (χ4n) is 2.83. The highest BCUT2D eigenvalue weighted by Crippen LogP contribution is 2.31. The predicted molar refractivity (Wildman–Crippen MR) is 93.7 cm³/mol. The lowest BCUT2D eigenvalue weighted by Gasteiger charge is -2.14. The lowest BCUT2D eigenvalue weighted by Crippen LogP contribution is -2.27. The maximum absolute atomic E-state index is 12.3. The van der Waals surface area contributed by atoms with E-state index < -0.39 is 0 Å². The molecular weight excluding hydrogens is 304 g/mol. The van der Waals surface area contributed by atoms with Crippen LogP contribution in [0.25, 0.3) is 0 Å². The molecule has 0 aromatic heterocycles. The van der Waals surface area contributed by atoms with Crippen LogP contribution in [0.2, 0.25) is 0 Å². The first-order chi connectivity index (χ1) is 11.7. The Labute approximate surface area is 142 Å². The van der Waals surface area contributed by atoms with E-state index in [1.165, 1.54) is 0 Å². The third-order valence-electron chi connectivity index (χ3n) is 4.27. The summed E-state index contributed by atoms with van der Waals surface area (Å²) >= 11 is 0. The van der Waals surface area contributed by atoms with Gasteiger partial charge < -0.3 is 20.1 Å². The number of amides is 1. The van der Waals surface area contributed by atoms with E-state index in [1.54, 1.807) is 7.11 Å². The maximum atomic E-state index is 12.3. The average molecular weight is 326 g/mol. The zero-order valence-electron chi connectivity index (χ0n) is 13.9. The van der Waals surface area contributed by atoms with Crippen molar-refractivity contribution in [3.8, 4) is 17.2 Å². The highest BCUT2D eigenvalue weighted by molar-refractivity contribution is 5.93. The summed E-state index contributed by atoms with van der Waals surface area (Å²) in [5.41, 5.74) is 0.770. The number of benzene rings is 2. The van der Waals surface area contributed by atoms with Crippen LogP contribution < -0.4 is 20.1 Å². The zero-order valence-corrected chi connectivity index (χ0v) is 13.9. The van der Waals surface area contributed by atoms with Crippen LogP contribution in [0.1, 0.15) is 6.92 Å². The Morgan fingerprint density at radius 2 is 1.79 bits per heavy atom. The third kappa shape index (κ3) is 3.68. The minimum Gasteiger partial charge on any atom is -0.493 e. The first-order valence-corrected chi connectivity index (χ1v) is 8.10. The molecule has 3 rings (SSSR count). The van der Waals surface area contributed by atoms with Crippen molar-refractivity contribution >= 4 is 11.6 Å². The molecule has 1 aliphatic rings. The van der Waals surface area contributed by atoms with E-state index in [9.17, 15) is 4.79 Å². The standard InChI is InChI=1S/C19H22N2O3/c1-13-11-20-12-16(13)19(22)21-14-7-9-15(10-8-14)24-18-6-4-3-5-17(18)23-2/h3-10,13,16,20H,11-12H2,1-2H3,(H,21,22)/t13-,16-/m1/s1. The molecular formula is C19H22N2O3. The molecule has 5 nitrogen and oxygen atoms in total. The van der Waals surface area contributed by atoms with Crippen molar-refractivity contribution in [2.75, 3.05) is 25.5 Å². The van der Waals surface area contributed by atoms with Crippen molar-refractivity contribution in [1.29, 1.82) is 0 Å². The van der Waals surface area contributed by atoms with Crippen molar-refractivity contribution in [1.82, 2.24) is 5.32 Å². The van der Waals surface area contributed by atoms with Crippen molar-refractivity contribution in [2.45, 2.75) is 6.92 Å². The lowest BCUT2D eigenvalue weighted by molar-refractivity contribution is -0.120. The van der Waals surface area contributed by atoms with Gasteiger partial charge in [0.1, 0.15) is 5.75 Å². The SMILES string of the molecule is COc1ccccc1Oc1ccc(NC(=O)[C@@H]2CNC[C@H]2C)cc1. The van der Waals surface area contributed by atoms with E-state index in [0.717, 1.165) is 18.8 Å². The Kier molecular flexibility index (Phi) is 5.01. The van der Waals surface area contributed by atoms with Crippen molar-refractivity contribution < 1.29 is 14.3 Å². The summed E-state index contributed by atoms with van der Waals surface area (Å²) in [5.74, 6) is 2.46. The molecule has 0 bridgehead atoms. The van der Waals surface area contributed by atoms with Crippen LogP contribution in [0, 0.1) is 11.8 Å². The van der Waals surface area contributed by atoms with Gasteiger partial charge in [0.15, 0.2) is 11.5 Å². The Morgan fingerprint density at radius 3 is 2.42 bits per heavy atom. The molecule has 2 aromatic carbocycles. The smallest absolute Gasteiger partial charge is 0.229 e. The monoisotopic (exact) mass is 326 g/mol. The van der Waals surface area contributed by atoms with Crippen molar-refractivity contribution in [3.63, 3.8) is 0 Å². The number of para-hydroxylation sites is 2. The summed E-state index contributed by atoms with van der Waals surface area (Å²) in [6.45, 7) is 3.72. The second-order valence-corrected chi connectivity index (χ2v) is 6.01. The van der Waals surface area contributed by atoms with Gasteiger partial charge in [-0.3, -0.25) is 4.79 Å². The number of rotatable bonds is 5. The van der Waals surface area contributed by atoms with Gasteiger partial charge in [-0.05, 0) is 48.9 Å². The van der Waals surface area contributed by atoms with E-state index in [0.29, 0.717) is 23.2 Å². The topological polar surface area (TPSA) is 59.6 Å². The van der Waals surface area contributed by atoms with Gasteiger partial charge in [0, 0.05) is 12.2 Å². The van der Waals surface area contributed by atoms with E-state index in [4.69, 9.17) is 9.47 Å². The molecule has 126 valence electrons. The van der Waals surface area contributed by atoms with Crippen LogP contribution in [-0.4, -0.2) is 26.1 Å². The highest BCUT2D eigenvalue weighted by Gasteiger charge is 2.29. The minimum absolute atomic E-state index is 0.0227. The molecule has 1 saturated heterocycles. The summed E-state index contributed by atoms with van der Waals surface area (Å²) in [6, 6.07) is 14.8. The van der Waals surface area contributed by atoms with Gasteiger partial charge in [0.25, 0.3) is 0 Å². The molecule has 5 heteroatoms. The third-order valence-corrected chi connectivity index (χ3v) is 4.27. The number of carbonyl (C=O) groups excluding carboxylic acids is 1. The zero-order chi connectivity index (χ0) is 16.9. The Balaban J connectivity index is 1.64. The molecule has 24 heavy (non-hydrogen) atoms. The normalized spacial score (nSPS) is 19.8. The minimum atomic E-state index is 0.0227. The number of hydrogen-bond acceptors (Lipinski definition) is 4. The van der Waals surface area contributed by atoms with E-state index in [-0.39, 0.29) is 11.8 Å². The van der Waals surface area contributed by atoms with Crippen molar-refractivity contribution in [2.24, 2.45) is 11.8 Å². The second-order valence-electron chi connectivity index (χ2n) is 6.01. The average Bonchev–Trinajstić information content (AvgIpc) is 3.03. The number of anilines is 1. The van der Waals surface area contributed by atoms with Gasteiger partial charge in [-0.15, -0.1) is 0 Å². The van der Waals surface area contributed by atoms with Crippen LogP contribution in [-0.2, 0) is 4.79 Å². The largest absolute Gasteiger partial charge is 0.493 e. The summed E-state index contributed by atoms with van der Waals surface area (Å²) in [5, 5.41) is 6.21. The van der Waals surface area contributed by atoms with Gasteiger partial charge in [-0.1, -0.05) is 19.1 Å². The quantitative estimate of drug-likeness (QED) is 0.885. The van der Waals surface area contributed by atoms with Crippen LogP contribution in [0.3, 0.4) is 0 Å². The summed E-state index contributed by atoms with van der Waals surface area (Å²) in [4.78, 5) is 12.3. The van der Waals surface area contributed by atoms with Crippen LogP contribution >= 0.6 is 0 Å². The van der Waals surface area contributed by atoms with Crippen LogP contribution in [0.5, 0.6) is 17.2 Å². The number of nitrogens with one attached hydrogen (secondary N) is 2. The molecule has 0 unspecified atom stereocenters. The molecule has 0 aliphatic carbocycles. The van der Waals surface area contributed by atoms with Crippen molar-refractivity contribution in [3.05, 3.63) is 48.5 Å². The molecule has 2 N–H and O–H groups in total. The molecule has 0 spiro atoms. The van der Waals surface area contributed by atoms with Crippen LogP contribution in [0.4, 0.5) is 5.69 Å². The lowest BCUT2D eigenvalue weighted by atomic mass is 9.97. The molecule has 1 amide bonds. The van der Waals surface area contributed by atoms with Gasteiger partial charge in [0.2, 0.25) is 5.91 Å². The fourth-order valence-corrected chi connectivity index (χ4v) is 2.83. The van der Waals surface area contributed by atoms with Gasteiger partial charge in [-0.25, -0.2) is 0 Å². The van der Waals surface area contributed by atoms with E-state index in [2.05, 4.69) is 17.6 Å². The molecule has 1 fully saturated rings. The van der Waals surface area contributed by atoms with Gasteiger partial charge in [0.05, 0.1) is 13.0 Å². The summed E-state index contributed by atoms with van der Waals surface area (Å²) in [6.07, 6.45) is 0. The highest BCUT2D eigenvalue weighted by atomic mass is 16.5. The summed E-state index contributed by atoms with van der Waals surface area (Å²) < 4.78 is 11.1. The Bertz CT molecular complexity index is 700. The number of hydrogen-bond donors (Lipinski definition) is 2. The summed E-state index contributed by atoms with van der Waals surface area (Å²) in [7, 11) is 1.61. The molecule has 1 aliphatic heterocycles. The number of methoxy groups -OCH3 is 1. The maximum Gasteiger partial charge on any atom is 0.229 e. The fraction of sp³-hybridized carbons (Fsp3) is 0.316. The molecule has 1 heterocycles. The number of ether oxygens (including phenoxy) is 2. The predicted octanol–water partition coefficient (Wildman–Crippen LogP) is 3.28. The Morgan fingerprint density at radius 1 is 1.08 bits per heavy atom. The van der Waals surface area contributed by atoms with Gasteiger partial charge in [-0.2, -0.15) is 0 Å². The van der Waals surface area contributed by atoms with E-state index in [1.807, 2.05) is 48.5 Å². The molecule has 2 aromatic rings. The first-order valence-electron chi connectivity index (χ1n) is 8.10. The van der Waals surface area contributed by atoms with Gasteiger partial charge >= 0.3 is 0 Å². The first kappa shape index (κ1) is 16.3. The number of carbonyl (C=O) groups is 1. The second kappa shape index (κ2) is 7.36. The molecule has 2 atom stereocenters. The molecule has 0 saturated carbocycles.